The fourth-order valence-electron chi connectivity index (χ4n) is 5.98. The molecule has 2 saturated heterocycles. The second-order valence-electron chi connectivity index (χ2n) is 9.20. The first kappa shape index (κ1) is 19.0. The third kappa shape index (κ3) is 3.34. The van der Waals surface area contributed by atoms with E-state index in [9.17, 15) is 4.79 Å². The first-order valence-electron chi connectivity index (χ1n) is 11.0. The number of nitrogens with zero attached hydrogens (tertiary/aromatic N) is 2. The van der Waals surface area contributed by atoms with E-state index < -0.39 is 0 Å². The standard InChI is InChI=1S/C21H36N4O2/c1-4-22-20(23-15-7-11-25(13-15)19(26)14(2)3)24-17-16-8-12-27-18(16)21(17)9-5-6-10-21/h14-18H,4-13H2,1-3H3,(H2,22,23,24). The highest BCUT2D eigenvalue weighted by molar-refractivity contribution is 5.81. The van der Waals surface area contributed by atoms with Gasteiger partial charge in [0.25, 0.3) is 0 Å². The van der Waals surface area contributed by atoms with E-state index in [1.165, 1.54) is 32.1 Å². The summed E-state index contributed by atoms with van der Waals surface area (Å²) in [4.78, 5) is 19.0. The second-order valence-corrected chi connectivity index (χ2v) is 9.20. The topological polar surface area (TPSA) is 66.0 Å². The van der Waals surface area contributed by atoms with E-state index >= 15 is 0 Å². The molecule has 152 valence electrons. The Balaban J connectivity index is 1.39. The summed E-state index contributed by atoms with van der Waals surface area (Å²) in [5.41, 5.74) is 0.326. The van der Waals surface area contributed by atoms with E-state index in [1.54, 1.807) is 0 Å². The van der Waals surface area contributed by atoms with Crippen molar-refractivity contribution in [3.63, 3.8) is 0 Å². The van der Waals surface area contributed by atoms with Crippen LogP contribution in [-0.4, -0.2) is 61.2 Å². The normalized spacial score (nSPS) is 34.8. The molecule has 1 spiro atoms. The first-order chi connectivity index (χ1) is 13.0. The van der Waals surface area contributed by atoms with Gasteiger partial charge in [-0.15, -0.1) is 0 Å². The predicted octanol–water partition coefficient (Wildman–Crippen LogP) is 2.15. The second kappa shape index (κ2) is 7.61. The Kier molecular flexibility index (Phi) is 5.36. The molecule has 4 atom stereocenters. The maximum Gasteiger partial charge on any atom is 0.225 e. The van der Waals surface area contributed by atoms with Gasteiger partial charge in [0.1, 0.15) is 0 Å². The largest absolute Gasteiger partial charge is 0.377 e. The quantitative estimate of drug-likeness (QED) is 0.583. The van der Waals surface area contributed by atoms with Crippen LogP contribution in [0.4, 0.5) is 0 Å². The van der Waals surface area contributed by atoms with Gasteiger partial charge in [-0.1, -0.05) is 26.7 Å². The molecule has 4 aliphatic rings. The van der Waals surface area contributed by atoms with Crippen molar-refractivity contribution in [1.29, 1.82) is 0 Å². The van der Waals surface area contributed by atoms with Crippen LogP contribution in [0.2, 0.25) is 0 Å². The lowest BCUT2D eigenvalue weighted by molar-refractivity contribution is -0.133. The number of hydrogen-bond donors (Lipinski definition) is 2. The van der Waals surface area contributed by atoms with Gasteiger partial charge in [0.05, 0.1) is 6.10 Å². The maximum absolute atomic E-state index is 12.3. The monoisotopic (exact) mass is 376 g/mol. The summed E-state index contributed by atoms with van der Waals surface area (Å²) in [6.45, 7) is 9.35. The van der Waals surface area contributed by atoms with Crippen LogP contribution in [0.1, 0.15) is 59.3 Å². The molecule has 4 unspecified atom stereocenters. The van der Waals surface area contributed by atoms with Crippen molar-refractivity contribution in [3.05, 3.63) is 0 Å². The number of fused-ring (bicyclic) bond motifs is 2. The molecule has 4 rings (SSSR count). The van der Waals surface area contributed by atoms with E-state index in [0.29, 0.717) is 29.5 Å². The van der Waals surface area contributed by atoms with Gasteiger partial charge in [-0.3, -0.25) is 9.79 Å². The Labute approximate surface area is 163 Å². The molecule has 2 aliphatic heterocycles. The molecule has 6 heteroatoms. The first-order valence-corrected chi connectivity index (χ1v) is 11.0. The summed E-state index contributed by atoms with van der Waals surface area (Å²) in [5, 5.41) is 7.44. The lowest BCUT2D eigenvalue weighted by Crippen LogP contribution is -2.69. The molecular formula is C21H36N4O2. The molecule has 0 bridgehead atoms. The molecule has 4 fully saturated rings. The smallest absolute Gasteiger partial charge is 0.225 e. The van der Waals surface area contributed by atoms with Crippen molar-refractivity contribution in [2.45, 2.75) is 77.5 Å². The number of aliphatic imine (C=N–C) groups is 1. The molecule has 2 aliphatic carbocycles. The van der Waals surface area contributed by atoms with Crippen LogP contribution in [0.15, 0.2) is 4.99 Å². The summed E-state index contributed by atoms with van der Waals surface area (Å²) in [6, 6.07) is 0.779. The van der Waals surface area contributed by atoms with E-state index in [1.807, 2.05) is 18.7 Å². The Bertz CT molecular complexity index is 585. The van der Waals surface area contributed by atoms with Gasteiger partial charge in [0.15, 0.2) is 5.96 Å². The lowest BCUT2D eigenvalue weighted by atomic mass is 9.54. The van der Waals surface area contributed by atoms with Crippen LogP contribution in [0.3, 0.4) is 0 Å². The number of guanidine groups is 1. The molecule has 2 saturated carbocycles. The van der Waals surface area contributed by atoms with Gasteiger partial charge in [0, 0.05) is 55.6 Å². The van der Waals surface area contributed by atoms with Gasteiger partial charge in [0.2, 0.25) is 5.91 Å². The zero-order valence-electron chi connectivity index (χ0n) is 17.2. The Hall–Kier alpha value is -1.30. The molecule has 1 amide bonds. The van der Waals surface area contributed by atoms with E-state index in [0.717, 1.165) is 38.6 Å². The van der Waals surface area contributed by atoms with Gasteiger partial charge in [-0.2, -0.15) is 0 Å². The Morgan fingerprint density at radius 2 is 2.04 bits per heavy atom. The van der Waals surface area contributed by atoms with Crippen molar-refractivity contribution in [3.8, 4) is 0 Å². The van der Waals surface area contributed by atoms with Crippen LogP contribution in [-0.2, 0) is 9.53 Å². The zero-order valence-corrected chi connectivity index (χ0v) is 17.2. The average Bonchev–Trinajstić information content (AvgIpc) is 3.38. The van der Waals surface area contributed by atoms with Gasteiger partial charge < -0.3 is 20.3 Å². The summed E-state index contributed by atoms with van der Waals surface area (Å²) in [6.07, 6.45) is 7.85. The highest BCUT2D eigenvalue weighted by atomic mass is 16.5. The number of rotatable bonds is 4. The molecule has 27 heavy (non-hydrogen) atoms. The van der Waals surface area contributed by atoms with Gasteiger partial charge >= 0.3 is 0 Å². The van der Waals surface area contributed by atoms with Crippen molar-refractivity contribution in [2.75, 3.05) is 26.2 Å². The molecule has 0 aromatic rings. The lowest BCUT2D eigenvalue weighted by Gasteiger charge is -2.57. The SMILES string of the molecule is CCN=C(NC1CCN(C(=O)C(C)C)C1)NC1C2CCOC2C12CCCC2. The highest BCUT2D eigenvalue weighted by Gasteiger charge is 2.65. The molecule has 2 heterocycles. The van der Waals surface area contributed by atoms with E-state index in [4.69, 9.17) is 9.73 Å². The molecule has 6 nitrogen and oxygen atoms in total. The van der Waals surface area contributed by atoms with Crippen LogP contribution < -0.4 is 10.6 Å². The van der Waals surface area contributed by atoms with E-state index in [2.05, 4.69) is 17.6 Å². The molecule has 0 aromatic carbocycles. The Morgan fingerprint density at radius 1 is 1.26 bits per heavy atom. The molecule has 2 N–H and O–H groups in total. The minimum Gasteiger partial charge on any atom is -0.377 e. The fourth-order valence-corrected chi connectivity index (χ4v) is 5.98. The number of amides is 1. The number of hydrogen-bond acceptors (Lipinski definition) is 3. The number of carbonyl (C=O) groups is 1. The minimum atomic E-state index is 0.0714. The highest BCUT2D eigenvalue weighted by Crippen LogP contribution is 2.60. The number of likely N-dealkylation sites (tertiary alicyclic amines) is 1. The van der Waals surface area contributed by atoms with Gasteiger partial charge in [-0.05, 0) is 32.6 Å². The van der Waals surface area contributed by atoms with Crippen LogP contribution in [0.25, 0.3) is 0 Å². The summed E-state index contributed by atoms with van der Waals surface area (Å²) < 4.78 is 6.11. The maximum atomic E-state index is 12.3. The minimum absolute atomic E-state index is 0.0714. The van der Waals surface area contributed by atoms with Crippen molar-refractivity contribution < 1.29 is 9.53 Å². The van der Waals surface area contributed by atoms with Gasteiger partial charge in [-0.25, -0.2) is 0 Å². The van der Waals surface area contributed by atoms with E-state index in [-0.39, 0.29) is 11.8 Å². The fraction of sp³-hybridized carbons (Fsp3) is 0.905. The number of nitrogens with one attached hydrogen (secondary N) is 2. The summed E-state index contributed by atoms with van der Waals surface area (Å²) in [5.74, 6) is 1.90. The average molecular weight is 377 g/mol. The molecular weight excluding hydrogens is 340 g/mol. The van der Waals surface area contributed by atoms with Crippen molar-refractivity contribution >= 4 is 11.9 Å². The van der Waals surface area contributed by atoms with Crippen LogP contribution in [0.5, 0.6) is 0 Å². The van der Waals surface area contributed by atoms with Crippen molar-refractivity contribution in [1.82, 2.24) is 15.5 Å². The summed E-state index contributed by atoms with van der Waals surface area (Å²) in [7, 11) is 0. The zero-order chi connectivity index (χ0) is 19.0. The number of ether oxygens (including phenoxy) is 1. The molecule has 0 aromatic heterocycles. The van der Waals surface area contributed by atoms with Crippen LogP contribution >= 0.6 is 0 Å². The third-order valence-electron chi connectivity index (χ3n) is 7.23. The third-order valence-corrected chi connectivity index (χ3v) is 7.23. The van der Waals surface area contributed by atoms with Crippen LogP contribution in [0, 0.1) is 17.3 Å². The number of carbonyl (C=O) groups excluding carboxylic acids is 1. The van der Waals surface area contributed by atoms with Crippen molar-refractivity contribution in [2.24, 2.45) is 22.2 Å². The Morgan fingerprint density at radius 3 is 2.74 bits per heavy atom. The predicted molar refractivity (Wildman–Crippen MR) is 107 cm³/mol. The molecule has 0 radical (unpaired) electrons. The summed E-state index contributed by atoms with van der Waals surface area (Å²) >= 11 is 0.